The minimum absolute atomic E-state index is 0.315. The van der Waals surface area contributed by atoms with Crippen LogP contribution in [0.3, 0.4) is 0 Å². The van der Waals surface area contributed by atoms with Gasteiger partial charge in [0.15, 0.2) is 0 Å². The van der Waals surface area contributed by atoms with E-state index in [4.69, 9.17) is 5.73 Å². The predicted octanol–water partition coefficient (Wildman–Crippen LogP) is 2.04. The number of rotatable bonds is 5. The van der Waals surface area contributed by atoms with E-state index in [1.54, 1.807) is 0 Å². The Morgan fingerprint density at radius 1 is 1.29 bits per heavy atom. The van der Waals surface area contributed by atoms with Crippen molar-refractivity contribution in [3.05, 3.63) is 35.9 Å². The molecule has 17 heavy (non-hydrogen) atoms. The number of likely N-dealkylation sites (tertiary alicyclic amines) is 1. The van der Waals surface area contributed by atoms with Crippen LogP contribution < -0.4 is 5.73 Å². The van der Waals surface area contributed by atoms with Crippen LogP contribution in [0, 0.1) is 5.92 Å². The van der Waals surface area contributed by atoms with Gasteiger partial charge in [-0.15, -0.1) is 0 Å². The van der Waals surface area contributed by atoms with Gasteiger partial charge in [0, 0.05) is 12.1 Å². The van der Waals surface area contributed by atoms with Gasteiger partial charge in [-0.2, -0.15) is 0 Å². The molecule has 0 spiro atoms. The summed E-state index contributed by atoms with van der Waals surface area (Å²) in [5.74, 6) is 1.04. The first-order chi connectivity index (χ1) is 8.33. The maximum absolute atomic E-state index is 6.22. The van der Waals surface area contributed by atoms with E-state index in [1.807, 2.05) is 0 Å². The fourth-order valence-corrected chi connectivity index (χ4v) is 3.11. The number of hydrogen-bond donors (Lipinski definition) is 1. The first-order valence-corrected chi connectivity index (χ1v) is 6.86. The Morgan fingerprint density at radius 3 is 2.76 bits per heavy atom. The lowest BCUT2D eigenvalue weighted by Crippen LogP contribution is -2.31. The summed E-state index contributed by atoms with van der Waals surface area (Å²) in [7, 11) is 0. The number of benzene rings is 1. The van der Waals surface area contributed by atoms with Gasteiger partial charge in [-0.25, -0.2) is 0 Å². The fourth-order valence-electron chi connectivity index (χ4n) is 3.11. The first-order valence-electron chi connectivity index (χ1n) is 6.86. The average Bonchev–Trinajstić information content (AvgIpc) is 3.02. The van der Waals surface area contributed by atoms with Crippen LogP contribution in [-0.4, -0.2) is 30.1 Å². The maximum Gasteiger partial charge on any atom is 0.0128 e. The van der Waals surface area contributed by atoms with Gasteiger partial charge in [-0.1, -0.05) is 30.3 Å². The van der Waals surface area contributed by atoms with Gasteiger partial charge < -0.3 is 10.6 Å². The van der Waals surface area contributed by atoms with E-state index in [0.717, 1.165) is 24.8 Å². The molecule has 2 aliphatic rings. The molecule has 1 saturated carbocycles. The van der Waals surface area contributed by atoms with Crippen LogP contribution in [0.25, 0.3) is 0 Å². The number of nitrogens with zero attached hydrogens (tertiary/aromatic N) is 1. The lowest BCUT2D eigenvalue weighted by atomic mass is 10.0. The van der Waals surface area contributed by atoms with Crippen molar-refractivity contribution >= 4 is 0 Å². The highest BCUT2D eigenvalue weighted by atomic mass is 15.2. The van der Waals surface area contributed by atoms with Crippen LogP contribution in [0.5, 0.6) is 0 Å². The van der Waals surface area contributed by atoms with E-state index < -0.39 is 0 Å². The molecule has 3 rings (SSSR count). The largest absolute Gasteiger partial charge is 0.327 e. The second kappa shape index (κ2) is 4.79. The molecule has 1 aliphatic heterocycles. The second-order valence-electron chi connectivity index (χ2n) is 5.63. The summed E-state index contributed by atoms with van der Waals surface area (Å²) in [6.45, 7) is 2.52. The molecule has 3 atom stereocenters. The smallest absolute Gasteiger partial charge is 0.0128 e. The molecule has 2 fully saturated rings. The fraction of sp³-hybridized carbons (Fsp3) is 0.600. The summed E-state index contributed by atoms with van der Waals surface area (Å²) in [6.07, 6.45) is 5.04. The molecule has 1 aliphatic carbocycles. The quantitative estimate of drug-likeness (QED) is 0.838. The van der Waals surface area contributed by atoms with Crippen molar-refractivity contribution in [3.8, 4) is 0 Å². The Labute approximate surface area is 104 Å². The van der Waals surface area contributed by atoms with Crippen LogP contribution in [0.4, 0.5) is 0 Å². The molecule has 0 amide bonds. The Bertz CT molecular complexity index is 362. The lowest BCUT2D eigenvalue weighted by molar-refractivity contribution is 0.286. The summed E-state index contributed by atoms with van der Waals surface area (Å²) in [5, 5.41) is 0. The molecule has 0 bridgehead atoms. The zero-order valence-corrected chi connectivity index (χ0v) is 10.4. The molecule has 1 saturated heterocycles. The zero-order chi connectivity index (χ0) is 11.7. The van der Waals surface area contributed by atoms with Crippen molar-refractivity contribution in [2.75, 3.05) is 13.1 Å². The van der Waals surface area contributed by atoms with Crippen LogP contribution >= 0.6 is 0 Å². The summed E-state index contributed by atoms with van der Waals surface area (Å²) in [6, 6.07) is 11.8. The van der Waals surface area contributed by atoms with Gasteiger partial charge in [-0.05, 0) is 50.3 Å². The number of nitrogens with two attached hydrogens (primary N) is 1. The third-order valence-corrected chi connectivity index (χ3v) is 4.27. The maximum atomic E-state index is 6.22. The topological polar surface area (TPSA) is 29.3 Å². The third-order valence-electron chi connectivity index (χ3n) is 4.27. The third kappa shape index (κ3) is 2.70. The summed E-state index contributed by atoms with van der Waals surface area (Å²) >= 11 is 0. The van der Waals surface area contributed by atoms with E-state index >= 15 is 0 Å². The molecule has 2 N–H and O–H groups in total. The molecule has 0 radical (unpaired) electrons. The van der Waals surface area contributed by atoms with Crippen LogP contribution in [0.2, 0.25) is 0 Å². The molecular formula is C15H22N2. The molecule has 2 heteroatoms. The van der Waals surface area contributed by atoms with Crippen LogP contribution in [0.1, 0.15) is 24.8 Å². The molecule has 1 aromatic carbocycles. The molecule has 3 unspecified atom stereocenters. The second-order valence-corrected chi connectivity index (χ2v) is 5.63. The van der Waals surface area contributed by atoms with Crippen molar-refractivity contribution < 1.29 is 0 Å². The summed E-state index contributed by atoms with van der Waals surface area (Å²) in [5.41, 5.74) is 7.58. The van der Waals surface area contributed by atoms with Crippen molar-refractivity contribution in [2.24, 2.45) is 11.7 Å². The van der Waals surface area contributed by atoms with Crippen molar-refractivity contribution in [3.63, 3.8) is 0 Å². The lowest BCUT2D eigenvalue weighted by Gasteiger charge is -2.20. The minimum atomic E-state index is 0.315. The minimum Gasteiger partial charge on any atom is -0.327 e. The van der Waals surface area contributed by atoms with E-state index in [0.29, 0.717) is 6.04 Å². The monoisotopic (exact) mass is 230 g/mol. The van der Waals surface area contributed by atoms with Crippen molar-refractivity contribution in [2.45, 2.75) is 37.8 Å². The van der Waals surface area contributed by atoms with Crippen molar-refractivity contribution in [1.82, 2.24) is 4.90 Å². The molecule has 92 valence electrons. The van der Waals surface area contributed by atoms with Crippen LogP contribution in [-0.2, 0) is 6.42 Å². The zero-order valence-electron chi connectivity index (χ0n) is 10.4. The highest BCUT2D eigenvalue weighted by Gasteiger charge is 2.46. The number of piperidine rings is 1. The standard InChI is InChI=1S/C15H22N2/c16-14(10-12-4-2-1-3-5-12)7-9-17-8-6-13-11-15(13)17/h1-5,13-15H,6-11,16H2. The normalized spacial score (nSPS) is 29.0. The molecule has 2 nitrogen and oxygen atoms in total. The Hall–Kier alpha value is -0.860. The van der Waals surface area contributed by atoms with Gasteiger partial charge in [0.05, 0.1) is 0 Å². The number of fused-ring (bicyclic) bond motifs is 1. The summed E-state index contributed by atoms with van der Waals surface area (Å²) in [4.78, 5) is 2.65. The molecule has 1 heterocycles. The van der Waals surface area contributed by atoms with E-state index in [9.17, 15) is 0 Å². The van der Waals surface area contributed by atoms with E-state index in [1.165, 1.54) is 31.5 Å². The predicted molar refractivity (Wildman–Crippen MR) is 70.8 cm³/mol. The Kier molecular flexibility index (Phi) is 3.17. The highest BCUT2D eigenvalue weighted by molar-refractivity contribution is 5.15. The van der Waals surface area contributed by atoms with Gasteiger partial charge in [-0.3, -0.25) is 0 Å². The summed E-state index contributed by atoms with van der Waals surface area (Å²) < 4.78 is 0. The highest BCUT2D eigenvalue weighted by Crippen LogP contribution is 2.44. The van der Waals surface area contributed by atoms with Crippen LogP contribution in [0.15, 0.2) is 30.3 Å². The Morgan fingerprint density at radius 2 is 2.12 bits per heavy atom. The van der Waals surface area contributed by atoms with E-state index in [2.05, 4.69) is 35.2 Å². The van der Waals surface area contributed by atoms with Gasteiger partial charge >= 0.3 is 0 Å². The number of hydrogen-bond acceptors (Lipinski definition) is 2. The molecular weight excluding hydrogens is 208 g/mol. The van der Waals surface area contributed by atoms with Gasteiger partial charge in [0.2, 0.25) is 0 Å². The van der Waals surface area contributed by atoms with Gasteiger partial charge in [0.25, 0.3) is 0 Å². The average molecular weight is 230 g/mol. The van der Waals surface area contributed by atoms with Crippen molar-refractivity contribution in [1.29, 1.82) is 0 Å². The molecule has 1 aromatic rings. The SMILES string of the molecule is NC(CCN1CCC2CC21)Cc1ccccc1. The molecule has 0 aromatic heterocycles. The first kappa shape index (κ1) is 11.2. The van der Waals surface area contributed by atoms with Gasteiger partial charge in [0.1, 0.15) is 0 Å². The van der Waals surface area contributed by atoms with E-state index in [-0.39, 0.29) is 0 Å². The Balaban J connectivity index is 1.42.